The summed E-state index contributed by atoms with van der Waals surface area (Å²) in [6.07, 6.45) is 2.83. The van der Waals surface area contributed by atoms with Gasteiger partial charge in [0.05, 0.1) is 31.3 Å². The lowest BCUT2D eigenvalue weighted by Crippen LogP contribution is -2.48. The Kier molecular flexibility index (Phi) is 8.06. The molecule has 3 amide bonds. The van der Waals surface area contributed by atoms with Crippen molar-refractivity contribution in [1.29, 1.82) is 0 Å². The van der Waals surface area contributed by atoms with Crippen molar-refractivity contribution in [3.8, 4) is 0 Å². The fraction of sp³-hybridized carbons (Fsp3) is 0.207. The number of benzene rings is 2. The minimum atomic E-state index is -1.38. The van der Waals surface area contributed by atoms with Crippen LogP contribution in [0.2, 0.25) is 0 Å². The number of carbonyl (C=O) groups excluding carboxylic acids is 3. The molecule has 9 heteroatoms. The highest BCUT2D eigenvalue weighted by molar-refractivity contribution is 6.05. The predicted octanol–water partition coefficient (Wildman–Crippen LogP) is 4.76. The predicted molar refractivity (Wildman–Crippen MR) is 139 cm³/mol. The largest absolute Gasteiger partial charge is 0.467 e. The smallest absolute Gasteiger partial charge is 0.287 e. The fourth-order valence-corrected chi connectivity index (χ4v) is 4.46. The Labute approximate surface area is 219 Å². The monoisotopic (exact) mass is 517 g/mol. The maximum Gasteiger partial charge on any atom is 0.287 e. The van der Waals surface area contributed by atoms with Gasteiger partial charge >= 0.3 is 0 Å². The molecule has 0 bridgehead atoms. The Morgan fingerprint density at radius 3 is 2.21 bits per heavy atom. The first-order chi connectivity index (χ1) is 18.3. The summed E-state index contributed by atoms with van der Waals surface area (Å²) in [5, 5.41) is 5.29. The molecule has 0 saturated carbocycles. The third kappa shape index (κ3) is 5.83. The van der Waals surface area contributed by atoms with Gasteiger partial charge in [-0.25, -0.2) is 4.39 Å². The van der Waals surface area contributed by atoms with Crippen LogP contribution in [-0.2, 0) is 16.1 Å². The fourth-order valence-electron chi connectivity index (χ4n) is 4.46. The number of anilines is 1. The van der Waals surface area contributed by atoms with Gasteiger partial charge in [0, 0.05) is 5.56 Å². The van der Waals surface area contributed by atoms with Gasteiger partial charge in [-0.3, -0.25) is 19.3 Å². The van der Waals surface area contributed by atoms with Gasteiger partial charge in [0.1, 0.15) is 17.6 Å². The van der Waals surface area contributed by atoms with E-state index < -0.39 is 36.1 Å². The molecule has 2 aromatic heterocycles. The molecule has 2 N–H and O–H groups in total. The molecule has 0 fully saturated rings. The molecule has 0 radical (unpaired) electrons. The van der Waals surface area contributed by atoms with Crippen molar-refractivity contribution < 1.29 is 27.6 Å². The van der Waals surface area contributed by atoms with E-state index in [0.29, 0.717) is 22.6 Å². The van der Waals surface area contributed by atoms with Crippen molar-refractivity contribution in [2.75, 3.05) is 11.4 Å². The first-order valence-corrected chi connectivity index (χ1v) is 12.0. The molecule has 4 rings (SSSR count). The molecule has 196 valence electrons. The summed E-state index contributed by atoms with van der Waals surface area (Å²) >= 11 is 0. The number of carbonyl (C=O) groups is 3. The van der Waals surface area contributed by atoms with Crippen LogP contribution in [0.25, 0.3) is 0 Å². The van der Waals surface area contributed by atoms with Crippen LogP contribution in [0.5, 0.6) is 0 Å². The first-order valence-electron chi connectivity index (χ1n) is 12.0. The number of nitrogens with one attached hydrogen (secondary N) is 2. The van der Waals surface area contributed by atoms with Gasteiger partial charge in [-0.15, -0.1) is 0 Å². The van der Waals surface area contributed by atoms with Crippen LogP contribution in [0.3, 0.4) is 0 Å². The Balaban J connectivity index is 1.77. The maximum atomic E-state index is 15.2. The van der Waals surface area contributed by atoms with E-state index in [0.717, 1.165) is 5.56 Å². The number of rotatable bonds is 9. The topological polar surface area (TPSA) is 105 Å². The van der Waals surface area contributed by atoms with Crippen LogP contribution < -0.4 is 15.5 Å². The SMILES string of the molecule is Cc1cc(C)c(N(C(=O)CNC(=O)c2ccco2)[C@@H](C(=O)NCc2ccco2)c2ccccc2F)c(C)c1. The van der Waals surface area contributed by atoms with Crippen LogP contribution in [-0.4, -0.2) is 24.3 Å². The molecule has 0 aliphatic carbocycles. The molecule has 2 heterocycles. The minimum Gasteiger partial charge on any atom is -0.467 e. The van der Waals surface area contributed by atoms with Crippen molar-refractivity contribution in [3.05, 3.63) is 113 Å². The highest BCUT2D eigenvalue weighted by atomic mass is 19.1. The Morgan fingerprint density at radius 1 is 0.895 bits per heavy atom. The van der Waals surface area contributed by atoms with Crippen LogP contribution in [0, 0.1) is 26.6 Å². The summed E-state index contributed by atoms with van der Waals surface area (Å²) in [6.45, 7) is 5.14. The highest BCUT2D eigenvalue weighted by Crippen LogP contribution is 2.35. The van der Waals surface area contributed by atoms with Gasteiger partial charge in [0.15, 0.2) is 5.76 Å². The number of nitrogens with zero attached hydrogens (tertiary/aromatic N) is 1. The van der Waals surface area contributed by atoms with Gasteiger partial charge in [-0.05, 0) is 62.2 Å². The summed E-state index contributed by atoms with van der Waals surface area (Å²) in [5.74, 6) is -1.93. The van der Waals surface area contributed by atoms with Gasteiger partial charge < -0.3 is 19.5 Å². The zero-order valence-electron chi connectivity index (χ0n) is 21.3. The zero-order chi connectivity index (χ0) is 27.2. The third-order valence-corrected chi connectivity index (χ3v) is 6.01. The summed E-state index contributed by atoms with van der Waals surface area (Å²) in [6, 6.07) is 14.6. The second kappa shape index (κ2) is 11.6. The summed E-state index contributed by atoms with van der Waals surface area (Å²) in [4.78, 5) is 41.3. The summed E-state index contributed by atoms with van der Waals surface area (Å²) in [7, 11) is 0. The number of furan rings is 2. The maximum absolute atomic E-state index is 15.2. The van der Waals surface area contributed by atoms with Crippen LogP contribution in [0.4, 0.5) is 10.1 Å². The number of amides is 3. The molecule has 38 heavy (non-hydrogen) atoms. The molecule has 1 atom stereocenters. The van der Waals surface area contributed by atoms with E-state index >= 15 is 4.39 Å². The van der Waals surface area contributed by atoms with Crippen molar-refractivity contribution in [1.82, 2.24) is 10.6 Å². The Morgan fingerprint density at radius 2 is 1.58 bits per heavy atom. The van der Waals surface area contributed by atoms with Crippen molar-refractivity contribution in [2.45, 2.75) is 33.4 Å². The normalized spacial score (nSPS) is 11.6. The van der Waals surface area contributed by atoms with E-state index in [2.05, 4.69) is 10.6 Å². The molecule has 2 aromatic carbocycles. The lowest BCUT2D eigenvalue weighted by molar-refractivity contribution is -0.126. The van der Waals surface area contributed by atoms with E-state index in [-0.39, 0.29) is 17.9 Å². The lowest BCUT2D eigenvalue weighted by Gasteiger charge is -2.34. The van der Waals surface area contributed by atoms with Gasteiger partial charge in [0.25, 0.3) is 5.91 Å². The molecule has 0 saturated heterocycles. The average Bonchev–Trinajstić information content (AvgIpc) is 3.60. The van der Waals surface area contributed by atoms with Crippen LogP contribution in [0.15, 0.2) is 82.0 Å². The number of halogens is 1. The Bertz CT molecular complexity index is 1410. The molecular weight excluding hydrogens is 489 g/mol. The molecule has 0 aliphatic rings. The number of aryl methyl sites for hydroxylation is 3. The highest BCUT2D eigenvalue weighted by Gasteiger charge is 2.36. The number of hydrogen-bond acceptors (Lipinski definition) is 5. The first kappa shape index (κ1) is 26.4. The Hall–Kier alpha value is -4.66. The third-order valence-electron chi connectivity index (χ3n) is 6.01. The van der Waals surface area contributed by atoms with Crippen molar-refractivity contribution in [2.24, 2.45) is 0 Å². The summed E-state index contributed by atoms with van der Waals surface area (Å²) < 4.78 is 25.6. The van der Waals surface area contributed by atoms with E-state index in [9.17, 15) is 14.4 Å². The molecule has 0 spiro atoms. The van der Waals surface area contributed by atoms with E-state index in [1.165, 1.54) is 41.7 Å². The van der Waals surface area contributed by atoms with Gasteiger partial charge in [0.2, 0.25) is 11.8 Å². The van der Waals surface area contributed by atoms with Crippen molar-refractivity contribution >= 4 is 23.4 Å². The standard InChI is InChI=1S/C29H28FN3O5/c1-18-14-19(2)26(20(3)15-18)33(25(34)17-32-28(35)24-11-7-13-38-24)27(22-9-4-5-10-23(22)30)29(36)31-16-21-8-6-12-37-21/h4-15,27H,16-17H2,1-3H3,(H,31,36)(H,32,35)/t27-/m1/s1. The lowest BCUT2D eigenvalue weighted by atomic mass is 9.98. The second-order valence-corrected chi connectivity index (χ2v) is 8.89. The molecule has 8 nitrogen and oxygen atoms in total. The molecular formula is C29H28FN3O5. The quantitative estimate of drug-likeness (QED) is 0.333. The van der Waals surface area contributed by atoms with E-state index in [1.807, 2.05) is 32.9 Å². The molecule has 0 aliphatic heterocycles. The van der Waals surface area contributed by atoms with Crippen LogP contribution in [0.1, 0.15) is 44.6 Å². The van der Waals surface area contributed by atoms with Gasteiger partial charge in [-0.1, -0.05) is 35.9 Å². The summed E-state index contributed by atoms with van der Waals surface area (Å²) in [5.41, 5.74) is 2.86. The minimum absolute atomic E-state index is 0.00883. The average molecular weight is 518 g/mol. The zero-order valence-corrected chi connectivity index (χ0v) is 21.3. The van der Waals surface area contributed by atoms with Crippen molar-refractivity contribution in [3.63, 3.8) is 0 Å². The van der Waals surface area contributed by atoms with E-state index in [4.69, 9.17) is 8.83 Å². The number of hydrogen-bond donors (Lipinski definition) is 2. The van der Waals surface area contributed by atoms with Crippen LogP contribution >= 0.6 is 0 Å². The van der Waals surface area contributed by atoms with Gasteiger partial charge in [-0.2, -0.15) is 0 Å². The molecule has 0 unspecified atom stereocenters. The second-order valence-electron chi connectivity index (χ2n) is 8.89. The van der Waals surface area contributed by atoms with E-state index in [1.54, 1.807) is 24.3 Å². The molecule has 4 aromatic rings.